The van der Waals surface area contributed by atoms with Gasteiger partial charge in [0, 0.05) is 10.6 Å². The summed E-state index contributed by atoms with van der Waals surface area (Å²) in [5, 5.41) is 12.3. The van der Waals surface area contributed by atoms with E-state index in [-0.39, 0.29) is 11.1 Å². The first-order valence-electron chi connectivity index (χ1n) is 5.57. The number of carbonyl (C=O) groups is 2. The molecular weight excluding hydrogens is 301 g/mol. The lowest BCUT2D eigenvalue weighted by atomic mass is 10.1. The molecule has 1 amide bonds. The highest BCUT2D eigenvalue weighted by Gasteiger charge is 2.11. The number of carboxylic acid groups (broad SMARTS) is 1. The van der Waals surface area contributed by atoms with Crippen molar-refractivity contribution in [3.05, 3.63) is 63.6 Å². The molecule has 0 atom stereocenters. The van der Waals surface area contributed by atoms with Gasteiger partial charge in [0.1, 0.15) is 0 Å². The van der Waals surface area contributed by atoms with E-state index in [1.165, 1.54) is 30.3 Å². The van der Waals surface area contributed by atoms with E-state index >= 15 is 0 Å². The van der Waals surface area contributed by atoms with Crippen molar-refractivity contribution in [3.8, 4) is 0 Å². The van der Waals surface area contributed by atoms with Crippen LogP contribution in [0.25, 0.3) is 0 Å². The molecule has 0 bridgehead atoms. The minimum Gasteiger partial charge on any atom is -0.478 e. The SMILES string of the molecule is O=C(O)c1cccc(C(=O)Nc2cc(Cl)ccc2Cl)c1. The molecule has 0 aromatic heterocycles. The minimum atomic E-state index is -1.10. The molecule has 4 nitrogen and oxygen atoms in total. The van der Waals surface area contributed by atoms with Gasteiger partial charge in [0.25, 0.3) is 5.91 Å². The second kappa shape index (κ2) is 5.94. The highest BCUT2D eigenvalue weighted by atomic mass is 35.5. The number of rotatable bonds is 3. The summed E-state index contributed by atoms with van der Waals surface area (Å²) in [6, 6.07) is 10.4. The monoisotopic (exact) mass is 309 g/mol. The third-order valence-corrected chi connectivity index (χ3v) is 3.11. The number of hydrogen-bond donors (Lipinski definition) is 2. The molecule has 0 heterocycles. The predicted molar refractivity (Wildman–Crippen MR) is 77.8 cm³/mol. The number of carbonyl (C=O) groups excluding carboxylic acids is 1. The summed E-state index contributed by atoms with van der Waals surface area (Å²) >= 11 is 11.8. The molecule has 0 aliphatic carbocycles. The Morgan fingerprint density at radius 2 is 1.70 bits per heavy atom. The van der Waals surface area contributed by atoms with Gasteiger partial charge in [0.2, 0.25) is 0 Å². The maximum absolute atomic E-state index is 12.0. The van der Waals surface area contributed by atoms with Crippen LogP contribution in [-0.2, 0) is 0 Å². The molecule has 0 radical (unpaired) electrons. The number of benzene rings is 2. The van der Waals surface area contributed by atoms with E-state index in [0.717, 1.165) is 0 Å². The molecule has 102 valence electrons. The molecule has 0 saturated heterocycles. The molecule has 2 N–H and O–H groups in total. The van der Waals surface area contributed by atoms with Crippen LogP contribution in [0, 0.1) is 0 Å². The topological polar surface area (TPSA) is 66.4 Å². The van der Waals surface area contributed by atoms with Crippen LogP contribution in [0.4, 0.5) is 5.69 Å². The average molecular weight is 310 g/mol. The second-order valence-corrected chi connectivity index (χ2v) is 4.81. The first-order valence-corrected chi connectivity index (χ1v) is 6.33. The Balaban J connectivity index is 2.26. The van der Waals surface area contributed by atoms with Gasteiger partial charge in [-0.1, -0.05) is 29.3 Å². The molecule has 20 heavy (non-hydrogen) atoms. The van der Waals surface area contributed by atoms with E-state index in [9.17, 15) is 9.59 Å². The highest BCUT2D eigenvalue weighted by molar-refractivity contribution is 6.35. The van der Waals surface area contributed by atoms with E-state index in [1.807, 2.05) is 0 Å². The summed E-state index contributed by atoms with van der Waals surface area (Å²) in [6.45, 7) is 0. The Bertz CT molecular complexity index is 686. The summed E-state index contributed by atoms with van der Waals surface area (Å²) in [7, 11) is 0. The summed E-state index contributed by atoms with van der Waals surface area (Å²) in [6.07, 6.45) is 0. The number of aromatic carboxylic acids is 1. The molecule has 0 spiro atoms. The standard InChI is InChI=1S/C14H9Cl2NO3/c15-10-4-5-11(16)12(7-10)17-13(18)8-2-1-3-9(6-8)14(19)20/h1-7H,(H,17,18)(H,19,20). The summed E-state index contributed by atoms with van der Waals surface area (Å²) < 4.78 is 0. The van der Waals surface area contributed by atoms with Crippen LogP contribution < -0.4 is 5.32 Å². The maximum Gasteiger partial charge on any atom is 0.335 e. The fraction of sp³-hybridized carbons (Fsp3) is 0. The quantitative estimate of drug-likeness (QED) is 0.902. The van der Waals surface area contributed by atoms with Crippen LogP contribution >= 0.6 is 23.2 Å². The van der Waals surface area contributed by atoms with Crippen LogP contribution in [0.15, 0.2) is 42.5 Å². The normalized spacial score (nSPS) is 10.1. The maximum atomic E-state index is 12.0. The predicted octanol–water partition coefficient (Wildman–Crippen LogP) is 3.94. The van der Waals surface area contributed by atoms with Gasteiger partial charge in [-0.25, -0.2) is 4.79 Å². The molecule has 0 aliphatic heterocycles. The van der Waals surface area contributed by atoms with Gasteiger partial charge in [-0.05, 0) is 36.4 Å². The zero-order valence-electron chi connectivity index (χ0n) is 10.1. The fourth-order valence-corrected chi connectivity index (χ4v) is 1.92. The van der Waals surface area contributed by atoms with Gasteiger partial charge in [-0.2, -0.15) is 0 Å². The molecule has 0 fully saturated rings. The third-order valence-electron chi connectivity index (χ3n) is 2.55. The Kier molecular flexibility index (Phi) is 4.27. The van der Waals surface area contributed by atoms with Gasteiger partial charge in [0.05, 0.1) is 16.3 Å². The van der Waals surface area contributed by atoms with Crippen molar-refractivity contribution in [1.82, 2.24) is 0 Å². The molecule has 0 aliphatic rings. The van der Waals surface area contributed by atoms with Gasteiger partial charge < -0.3 is 10.4 Å². The van der Waals surface area contributed by atoms with Gasteiger partial charge in [-0.3, -0.25) is 4.79 Å². The number of anilines is 1. The lowest BCUT2D eigenvalue weighted by molar-refractivity contribution is 0.0697. The number of hydrogen-bond acceptors (Lipinski definition) is 2. The van der Waals surface area contributed by atoms with E-state index in [0.29, 0.717) is 15.7 Å². The van der Waals surface area contributed by atoms with Gasteiger partial charge >= 0.3 is 5.97 Å². The lowest BCUT2D eigenvalue weighted by Gasteiger charge is -2.08. The smallest absolute Gasteiger partial charge is 0.335 e. The Hall–Kier alpha value is -2.04. The summed E-state index contributed by atoms with van der Waals surface area (Å²) in [5.41, 5.74) is 0.626. The summed E-state index contributed by atoms with van der Waals surface area (Å²) in [4.78, 5) is 22.9. The van der Waals surface area contributed by atoms with E-state index in [1.54, 1.807) is 12.1 Å². The molecule has 0 unspecified atom stereocenters. The lowest BCUT2D eigenvalue weighted by Crippen LogP contribution is -2.13. The zero-order valence-corrected chi connectivity index (χ0v) is 11.6. The second-order valence-electron chi connectivity index (χ2n) is 3.96. The van der Waals surface area contributed by atoms with Gasteiger partial charge in [-0.15, -0.1) is 0 Å². The van der Waals surface area contributed by atoms with Crippen molar-refractivity contribution in [3.63, 3.8) is 0 Å². The molecular formula is C14H9Cl2NO3. The van der Waals surface area contributed by atoms with E-state index in [2.05, 4.69) is 5.32 Å². The molecule has 0 saturated carbocycles. The minimum absolute atomic E-state index is 0.0369. The van der Waals surface area contributed by atoms with Crippen molar-refractivity contribution < 1.29 is 14.7 Å². The largest absolute Gasteiger partial charge is 0.478 e. The van der Waals surface area contributed by atoms with Crippen molar-refractivity contribution in [1.29, 1.82) is 0 Å². The molecule has 6 heteroatoms. The average Bonchev–Trinajstić information content (AvgIpc) is 2.43. The summed E-state index contributed by atoms with van der Waals surface area (Å²) in [5.74, 6) is -1.56. The van der Waals surface area contributed by atoms with Crippen molar-refractivity contribution in [2.75, 3.05) is 5.32 Å². The third kappa shape index (κ3) is 3.29. The van der Waals surface area contributed by atoms with Crippen molar-refractivity contribution in [2.45, 2.75) is 0 Å². The number of nitrogens with one attached hydrogen (secondary N) is 1. The highest BCUT2D eigenvalue weighted by Crippen LogP contribution is 2.25. The van der Waals surface area contributed by atoms with Crippen LogP contribution in [-0.4, -0.2) is 17.0 Å². The number of carboxylic acids is 1. The molecule has 2 rings (SSSR count). The number of amides is 1. The van der Waals surface area contributed by atoms with Crippen LogP contribution in [0.2, 0.25) is 10.0 Å². The molecule has 2 aromatic carbocycles. The van der Waals surface area contributed by atoms with Crippen molar-refractivity contribution >= 4 is 40.8 Å². The molecule has 2 aromatic rings. The van der Waals surface area contributed by atoms with Crippen LogP contribution in [0.5, 0.6) is 0 Å². The van der Waals surface area contributed by atoms with E-state index in [4.69, 9.17) is 28.3 Å². The van der Waals surface area contributed by atoms with Crippen LogP contribution in [0.1, 0.15) is 20.7 Å². The Morgan fingerprint density at radius 1 is 1.00 bits per heavy atom. The Labute approximate surface area is 124 Å². The van der Waals surface area contributed by atoms with E-state index < -0.39 is 11.9 Å². The zero-order chi connectivity index (χ0) is 14.7. The van der Waals surface area contributed by atoms with Gasteiger partial charge in [0.15, 0.2) is 0 Å². The Morgan fingerprint density at radius 3 is 2.40 bits per heavy atom. The number of halogens is 2. The van der Waals surface area contributed by atoms with Crippen molar-refractivity contribution in [2.24, 2.45) is 0 Å². The van der Waals surface area contributed by atoms with Crippen LogP contribution in [0.3, 0.4) is 0 Å². The first kappa shape index (κ1) is 14.4. The first-order chi connectivity index (χ1) is 9.47. The fourth-order valence-electron chi connectivity index (χ4n) is 1.58.